The topological polar surface area (TPSA) is 106 Å². The second-order valence-electron chi connectivity index (χ2n) is 8.45. The Morgan fingerprint density at radius 2 is 1.88 bits per heavy atom. The van der Waals surface area contributed by atoms with Crippen molar-refractivity contribution in [1.29, 1.82) is 10.8 Å². The molecule has 0 aliphatic carbocycles. The second kappa shape index (κ2) is 9.85. The highest BCUT2D eigenvalue weighted by Gasteiger charge is 2.35. The maximum absolute atomic E-state index is 13.4. The van der Waals surface area contributed by atoms with E-state index in [9.17, 15) is 4.79 Å². The predicted octanol–water partition coefficient (Wildman–Crippen LogP) is 4.07. The molecule has 0 saturated carbocycles. The quantitative estimate of drug-likeness (QED) is 0.331. The van der Waals surface area contributed by atoms with E-state index in [-0.39, 0.29) is 11.7 Å². The summed E-state index contributed by atoms with van der Waals surface area (Å²) in [6, 6.07) is 14.8. The summed E-state index contributed by atoms with van der Waals surface area (Å²) in [6.45, 7) is 2.54. The van der Waals surface area contributed by atoms with E-state index in [0.717, 1.165) is 56.7 Å². The first kappa shape index (κ1) is 21.9. The van der Waals surface area contributed by atoms with Crippen molar-refractivity contribution < 1.29 is 9.53 Å². The molecule has 32 heavy (non-hydrogen) atoms. The van der Waals surface area contributed by atoms with E-state index in [1.165, 1.54) is 6.42 Å². The molecule has 2 aromatic carbocycles. The van der Waals surface area contributed by atoms with E-state index >= 15 is 0 Å². The third kappa shape index (κ3) is 4.77. The van der Waals surface area contributed by atoms with E-state index < -0.39 is 6.10 Å². The number of hydrogen-bond donors (Lipinski definition) is 3. The van der Waals surface area contributed by atoms with Crippen molar-refractivity contribution in [1.82, 2.24) is 4.90 Å². The molecule has 2 aliphatic rings. The smallest absolute Gasteiger partial charge is 0.272 e. The molecule has 0 spiro atoms. The molecule has 4 rings (SSSR count). The number of amides is 1. The van der Waals surface area contributed by atoms with Crippen LogP contribution < -0.4 is 15.4 Å². The van der Waals surface area contributed by atoms with Gasteiger partial charge in [0.2, 0.25) is 6.10 Å². The Morgan fingerprint density at radius 3 is 2.69 bits per heavy atom. The number of carbonyl (C=O) groups is 1. The molecule has 0 radical (unpaired) electrons. The van der Waals surface area contributed by atoms with E-state index in [1.807, 2.05) is 35.2 Å². The molecule has 4 N–H and O–H groups in total. The highest BCUT2D eigenvalue weighted by Crippen LogP contribution is 2.39. The Balaban J connectivity index is 1.42. The molecule has 1 fully saturated rings. The Kier molecular flexibility index (Phi) is 6.73. The summed E-state index contributed by atoms with van der Waals surface area (Å²) in [5.41, 5.74) is 7.71. The lowest BCUT2D eigenvalue weighted by molar-refractivity contribution is -0.126. The van der Waals surface area contributed by atoms with Crippen molar-refractivity contribution >= 4 is 23.3 Å². The zero-order chi connectivity index (χ0) is 22.5. The molecule has 1 amide bonds. The number of ether oxygens (including phenoxy) is 1. The van der Waals surface area contributed by atoms with Gasteiger partial charge in [0.1, 0.15) is 11.6 Å². The number of likely N-dealkylation sites (tertiary alicyclic amines) is 1. The fourth-order valence-electron chi connectivity index (χ4n) is 4.41. The van der Waals surface area contributed by atoms with Gasteiger partial charge in [0.15, 0.2) is 0 Å². The lowest BCUT2D eigenvalue weighted by atomic mass is 10.0. The van der Waals surface area contributed by atoms with Gasteiger partial charge in [-0.05, 0) is 50.3 Å². The Labute approximate surface area is 189 Å². The number of nitrogens with zero attached hydrogens (tertiary/aromatic N) is 2. The third-order valence-electron chi connectivity index (χ3n) is 6.17. The molecule has 1 unspecified atom stereocenters. The van der Waals surface area contributed by atoms with Crippen LogP contribution in [0.25, 0.3) is 0 Å². The number of unbranched alkanes of at least 4 members (excludes halogenated alkanes) is 2. The fourth-order valence-corrected chi connectivity index (χ4v) is 4.41. The maximum atomic E-state index is 13.4. The zero-order valence-corrected chi connectivity index (χ0v) is 18.3. The first-order chi connectivity index (χ1) is 15.5. The Bertz CT molecular complexity index is 1010. The number of hydrogen-bond acceptors (Lipinski definition) is 4. The number of anilines is 1. The fraction of sp³-hybridized carbons (Fsp3) is 0.400. The van der Waals surface area contributed by atoms with Gasteiger partial charge in [0.05, 0.1) is 11.5 Å². The summed E-state index contributed by atoms with van der Waals surface area (Å²) in [5.74, 6) is 1.33. The molecule has 2 aromatic rings. The molecular weight excluding hydrogens is 402 g/mol. The molecule has 0 aromatic heterocycles. The van der Waals surface area contributed by atoms with Crippen molar-refractivity contribution in [2.24, 2.45) is 5.73 Å². The standard InChI is InChI=1S/C25H31N5O2/c26-22-13-4-7-15-29(22)14-5-1-6-16-30-20-11-2-3-12-21(20)32-23(25(30)31)18-9-8-10-19(17-18)24(27)28/h2-3,8-12,17,23,26H,1,4-7,13-16H2,(H3,27,28). The minimum Gasteiger partial charge on any atom is -0.474 e. The molecule has 2 heterocycles. The number of rotatable bonds is 8. The summed E-state index contributed by atoms with van der Waals surface area (Å²) < 4.78 is 6.08. The summed E-state index contributed by atoms with van der Waals surface area (Å²) in [4.78, 5) is 17.4. The van der Waals surface area contributed by atoms with Crippen LogP contribution >= 0.6 is 0 Å². The number of piperidine rings is 1. The number of nitrogens with one attached hydrogen (secondary N) is 2. The average molecular weight is 434 g/mol. The van der Waals surface area contributed by atoms with Gasteiger partial charge < -0.3 is 20.3 Å². The van der Waals surface area contributed by atoms with Gasteiger partial charge in [-0.15, -0.1) is 0 Å². The van der Waals surface area contributed by atoms with Crippen LogP contribution in [0.2, 0.25) is 0 Å². The van der Waals surface area contributed by atoms with E-state index in [1.54, 1.807) is 18.2 Å². The number of amidine groups is 2. The normalized spacial score (nSPS) is 18.3. The van der Waals surface area contributed by atoms with Crippen molar-refractivity contribution in [2.75, 3.05) is 24.5 Å². The number of nitrogen functional groups attached to an aromatic ring is 1. The van der Waals surface area contributed by atoms with Crippen molar-refractivity contribution in [3.8, 4) is 5.75 Å². The summed E-state index contributed by atoms with van der Waals surface area (Å²) >= 11 is 0. The average Bonchev–Trinajstić information content (AvgIpc) is 2.81. The van der Waals surface area contributed by atoms with Crippen LogP contribution in [0.4, 0.5) is 5.69 Å². The minimum atomic E-state index is -0.752. The number of nitrogens with two attached hydrogens (primary N) is 1. The number of benzene rings is 2. The number of para-hydroxylation sites is 2. The van der Waals surface area contributed by atoms with Gasteiger partial charge >= 0.3 is 0 Å². The third-order valence-corrected chi connectivity index (χ3v) is 6.17. The largest absolute Gasteiger partial charge is 0.474 e. The van der Waals surface area contributed by atoms with Gasteiger partial charge in [-0.25, -0.2) is 0 Å². The molecule has 168 valence electrons. The molecule has 2 aliphatic heterocycles. The Hall–Kier alpha value is -3.35. The summed E-state index contributed by atoms with van der Waals surface area (Å²) in [5, 5.41) is 15.8. The zero-order valence-electron chi connectivity index (χ0n) is 18.3. The first-order valence-corrected chi connectivity index (χ1v) is 11.4. The van der Waals surface area contributed by atoms with Gasteiger partial charge in [0.25, 0.3) is 5.91 Å². The lowest BCUT2D eigenvalue weighted by Crippen LogP contribution is -2.41. The van der Waals surface area contributed by atoms with Crippen LogP contribution in [0.1, 0.15) is 55.8 Å². The van der Waals surface area contributed by atoms with Gasteiger partial charge in [-0.2, -0.15) is 0 Å². The van der Waals surface area contributed by atoms with Crippen molar-refractivity contribution in [2.45, 2.75) is 44.6 Å². The van der Waals surface area contributed by atoms with Gasteiger partial charge in [-0.3, -0.25) is 15.6 Å². The van der Waals surface area contributed by atoms with E-state index in [0.29, 0.717) is 23.4 Å². The summed E-state index contributed by atoms with van der Waals surface area (Å²) in [7, 11) is 0. The van der Waals surface area contributed by atoms with Crippen LogP contribution in [0.5, 0.6) is 5.75 Å². The summed E-state index contributed by atoms with van der Waals surface area (Å²) in [6.07, 6.45) is 5.36. The van der Waals surface area contributed by atoms with Crippen molar-refractivity contribution in [3.05, 3.63) is 59.7 Å². The van der Waals surface area contributed by atoms with Crippen LogP contribution in [-0.4, -0.2) is 42.1 Å². The molecular formula is C25H31N5O2. The highest BCUT2D eigenvalue weighted by atomic mass is 16.5. The Morgan fingerprint density at radius 1 is 1.06 bits per heavy atom. The molecule has 0 bridgehead atoms. The molecule has 7 nitrogen and oxygen atoms in total. The first-order valence-electron chi connectivity index (χ1n) is 11.4. The number of carbonyl (C=O) groups excluding carboxylic acids is 1. The minimum absolute atomic E-state index is 0.0332. The van der Waals surface area contributed by atoms with E-state index in [2.05, 4.69) is 4.90 Å². The molecule has 1 atom stereocenters. The van der Waals surface area contributed by atoms with Gasteiger partial charge in [-0.1, -0.05) is 30.3 Å². The highest BCUT2D eigenvalue weighted by molar-refractivity contribution is 6.01. The molecule has 1 saturated heterocycles. The number of fused-ring (bicyclic) bond motifs is 1. The van der Waals surface area contributed by atoms with Gasteiger partial charge in [0, 0.05) is 37.2 Å². The second-order valence-corrected chi connectivity index (χ2v) is 8.45. The molecule has 7 heteroatoms. The predicted molar refractivity (Wildman–Crippen MR) is 127 cm³/mol. The van der Waals surface area contributed by atoms with Crippen molar-refractivity contribution in [3.63, 3.8) is 0 Å². The maximum Gasteiger partial charge on any atom is 0.272 e. The van der Waals surface area contributed by atoms with E-state index in [4.69, 9.17) is 21.3 Å². The lowest BCUT2D eigenvalue weighted by Gasteiger charge is -2.35. The monoisotopic (exact) mass is 433 g/mol. The van der Waals surface area contributed by atoms with Crippen LogP contribution in [0.15, 0.2) is 48.5 Å². The van der Waals surface area contributed by atoms with Crippen LogP contribution in [-0.2, 0) is 4.79 Å². The van der Waals surface area contributed by atoms with Crippen LogP contribution in [0, 0.1) is 10.8 Å². The van der Waals surface area contributed by atoms with Crippen LogP contribution in [0.3, 0.4) is 0 Å². The SMILES string of the molecule is N=C(N)c1cccc(C2Oc3ccccc3N(CCCCCN3CCCCC3=N)C2=O)c1.